The van der Waals surface area contributed by atoms with Crippen molar-refractivity contribution in [3.63, 3.8) is 0 Å². The molecule has 0 aromatic heterocycles. The van der Waals surface area contributed by atoms with Crippen molar-refractivity contribution < 1.29 is 14.7 Å². The number of benzene rings is 1. The zero-order chi connectivity index (χ0) is 16.5. The lowest BCUT2D eigenvalue weighted by Crippen LogP contribution is -2.28. The quantitative estimate of drug-likeness (QED) is 0.586. The summed E-state index contributed by atoms with van der Waals surface area (Å²) in [7, 11) is 1.71. The Bertz CT molecular complexity index is 551. The van der Waals surface area contributed by atoms with Gasteiger partial charge in [0, 0.05) is 30.7 Å². The molecule has 1 aromatic carbocycles. The van der Waals surface area contributed by atoms with Crippen LogP contribution in [-0.2, 0) is 4.79 Å². The Hall–Kier alpha value is -1.75. The molecular weight excluding hydrogens is 298 g/mol. The van der Waals surface area contributed by atoms with E-state index in [9.17, 15) is 9.59 Å². The molecule has 1 amide bonds. The van der Waals surface area contributed by atoms with Crippen LogP contribution < -0.4 is 0 Å². The molecule has 0 aliphatic carbocycles. The molecule has 120 valence electrons. The summed E-state index contributed by atoms with van der Waals surface area (Å²) in [5.41, 5.74) is 1.93. The van der Waals surface area contributed by atoms with Gasteiger partial charge in [0.15, 0.2) is 0 Å². The minimum Gasteiger partial charge on any atom is -0.481 e. The Labute approximate surface area is 136 Å². The topological polar surface area (TPSA) is 57.6 Å². The third-order valence-electron chi connectivity index (χ3n) is 3.08. The maximum atomic E-state index is 12.5. The van der Waals surface area contributed by atoms with E-state index >= 15 is 0 Å². The first-order valence-corrected chi connectivity index (χ1v) is 8.23. The second kappa shape index (κ2) is 9.30. The molecule has 0 fully saturated rings. The highest BCUT2D eigenvalue weighted by Gasteiger charge is 2.15. The Kier molecular flexibility index (Phi) is 7.74. The fourth-order valence-corrected chi connectivity index (χ4v) is 2.92. The molecule has 0 bridgehead atoms. The van der Waals surface area contributed by atoms with E-state index < -0.39 is 5.97 Å². The zero-order valence-electron chi connectivity index (χ0n) is 13.3. The van der Waals surface area contributed by atoms with Crippen LogP contribution in [0.1, 0.15) is 37.0 Å². The van der Waals surface area contributed by atoms with Crippen LogP contribution in [0.3, 0.4) is 0 Å². The lowest BCUT2D eigenvalue weighted by Gasteiger charge is -2.18. The molecule has 0 saturated heterocycles. The standard InChI is InChI=1S/C17H23NO3S/c1-13(2)10-12-22-15-8-5-4-7-14(15)17(21)18(3)11-6-9-16(19)20/h4-5,7-8,10H,6,9,11-12H2,1-3H3,(H,19,20). The minimum absolute atomic E-state index is 0.0642. The highest BCUT2D eigenvalue weighted by atomic mass is 32.2. The number of allylic oxidation sites excluding steroid dienone is 1. The van der Waals surface area contributed by atoms with E-state index in [2.05, 4.69) is 6.08 Å². The molecular formula is C17H23NO3S. The number of amides is 1. The van der Waals surface area contributed by atoms with Crippen LogP contribution in [0.15, 0.2) is 40.8 Å². The van der Waals surface area contributed by atoms with E-state index in [0.29, 0.717) is 18.5 Å². The maximum absolute atomic E-state index is 12.5. The Morgan fingerprint density at radius 1 is 1.27 bits per heavy atom. The molecule has 0 atom stereocenters. The molecule has 0 spiro atoms. The van der Waals surface area contributed by atoms with Gasteiger partial charge in [0.2, 0.25) is 0 Å². The Morgan fingerprint density at radius 3 is 2.59 bits per heavy atom. The molecule has 22 heavy (non-hydrogen) atoms. The van der Waals surface area contributed by atoms with Gasteiger partial charge in [-0.3, -0.25) is 9.59 Å². The summed E-state index contributed by atoms with van der Waals surface area (Å²) in [5.74, 6) is -0.0701. The van der Waals surface area contributed by atoms with Crippen LogP contribution in [0.5, 0.6) is 0 Å². The number of carbonyl (C=O) groups excluding carboxylic acids is 1. The summed E-state index contributed by atoms with van der Waals surface area (Å²) < 4.78 is 0. The fourth-order valence-electron chi connectivity index (χ4n) is 1.84. The van der Waals surface area contributed by atoms with Crippen molar-refractivity contribution in [1.29, 1.82) is 0 Å². The number of hydrogen-bond acceptors (Lipinski definition) is 3. The lowest BCUT2D eigenvalue weighted by molar-refractivity contribution is -0.137. The molecule has 4 nitrogen and oxygen atoms in total. The summed E-state index contributed by atoms with van der Waals surface area (Å²) in [5, 5.41) is 8.66. The van der Waals surface area contributed by atoms with Crippen LogP contribution in [0, 0.1) is 0 Å². The van der Waals surface area contributed by atoms with Crippen molar-refractivity contribution in [2.75, 3.05) is 19.3 Å². The van der Waals surface area contributed by atoms with Crippen molar-refractivity contribution in [3.05, 3.63) is 41.5 Å². The van der Waals surface area contributed by atoms with E-state index in [1.54, 1.807) is 23.7 Å². The van der Waals surface area contributed by atoms with Crippen molar-refractivity contribution in [2.24, 2.45) is 0 Å². The molecule has 1 N–H and O–H groups in total. The van der Waals surface area contributed by atoms with Crippen molar-refractivity contribution in [2.45, 2.75) is 31.6 Å². The number of carboxylic acids is 1. The maximum Gasteiger partial charge on any atom is 0.303 e. The predicted molar refractivity (Wildman–Crippen MR) is 90.4 cm³/mol. The number of carboxylic acid groups (broad SMARTS) is 1. The highest BCUT2D eigenvalue weighted by Crippen LogP contribution is 2.24. The second-order valence-corrected chi connectivity index (χ2v) is 6.37. The molecule has 0 aliphatic heterocycles. The SMILES string of the molecule is CC(C)=CCSc1ccccc1C(=O)N(C)CCCC(=O)O. The van der Waals surface area contributed by atoms with Crippen LogP contribution in [0.25, 0.3) is 0 Å². The Balaban J connectivity index is 2.71. The molecule has 0 unspecified atom stereocenters. The van der Waals surface area contributed by atoms with Gasteiger partial charge in [0.05, 0.1) is 5.56 Å². The first-order valence-electron chi connectivity index (χ1n) is 7.24. The van der Waals surface area contributed by atoms with Gasteiger partial charge in [-0.15, -0.1) is 11.8 Å². The second-order valence-electron chi connectivity index (χ2n) is 5.31. The molecule has 0 radical (unpaired) electrons. The summed E-state index contributed by atoms with van der Waals surface area (Å²) in [6.07, 6.45) is 2.67. The molecule has 0 saturated carbocycles. The monoisotopic (exact) mass is 321 g/mol. The first-order chi connectivity index (χ1) is 10.4. The van der Waals surface area contributed by atoms with E-state index in [1.807, 2.05) is 38.1 Å². The van der Waals surface area contributed by atoms with E-state index in [4.69, 9.17) is 5.11 Å². The largest absolute Gasteiger partial charge is 0.481 e. The van der Waals surface area contributed by atoms with E-state index in [-0.39, 0.29) is 12.3 Å². The fraction of sp³-hybridized carbons (Fsp3) is 0.412. The number of rotatable bonds is 8. The third-order valence-corrected chi connectivity index (χ3v) is 4.08. The third kappa shape index (κ3) is 6.35. The van der Waals surface area contributed by atoms with Crippen LogP contribution in [-0.4, -0.2) is 41.2 Å². The Morgan fingerprint density at radius 2 is 1.95 bits per heavy atom. The van der Waals surface area contributed by atoms with Crippen molar-refractivity contribution in [3.8, 4) is 0 Å². The molecule has 1 aromatic rings. The smallest absolute Gasteiger partial charge is 0.303 e. The number of thioether (sulfide) groups is 1. The molecule has 0 aliphatic rings. The summed E-state index contributed by atoms with van der Waals surface area (Å²) in [6.45, 7) is 4.54. The lowest BCUT2D eigenvalue weighted by atomic mass is 10.2. The van der Waals surface area contributed by atoms with Gasteiger partial charge in [-0.1, -0.05) is 23.8 Å². The average molecular weight is 321 g/mol. The van der Waals surface area contributed by atoms with Gasteiger partial charge in [0.25, 0.3) is 5.91 Å². The number of aliphatic carboxylic acids is 1. The zero-order valence-corrected chi connectivity index (χ0v) is 14.2. The first kappa shape index (κ1) is 18.3. The van der Waals surface area contributed by atoms with Gasteiger partial charge in [-0.25, -0.2) is 0 Å². The average Bonchev–Trinajstić information content (AvgIpc) is 2.46. The van der Waals surface area contributed by atoms with Gasteiger partial charge >= 0.3 is 5.97 Å². The van der Waals surface area contributed by atoms with Gasteiger partial charge in [-0.2, -0.15) is 0 Å². The summed E-state index contributed by atoms with van der Waals surface area (Å²) in [6, 6.07) is 7.54. The molecule has 1 rings (SSSR count). The molecule has 0 heterocycles. The number of hydrogen-bond donors (Lipinski definition) is 1. The van der Waals surface area contributed by atoms with Gasteiger partial charge in [-0.05, 0) is 32.4 Å². The van der Waals surface area contributed by atoms with Crippen molar-refractivity contribution >= 4 is 23.6 Å². The minimum atomic E-state index is -0.835. The normalized spacial score (nSPS) is 10.1. The summed E-state index contributed by atoms with van der Waals surface area (Å²) >= 11 is 1.63. The predicted octanol–water partition coefficient (Wildman–Crippen LogP) is 3.68. The van der Waals surface area contributed by atoms with Crippen LogP contribution >= 0.6 is 11.8 Å². The summed E-state index contributed by atoms with van der Waals surface area (Å²) in [4.78, 5) is 25.6. The van der Waals surface area contributed by atoms with Gasteiger partial charge < -0.3 is 10.0 Å². The number of nitrogens with zero attached hydrogens (tertiary/aromatic N) is 1. The number of carbonyl (C=O) groups is 2. The van der Waals surface area contributed by atoms with Crippen LogP contribution in [0.4, 0.5) is 0 Å². The van der Waals surface area contributed by atoms with E-state index in [1.165, 1.54) is 5.57 Å². The van der Waals surface area contributed by atoms with Crippen LogP contribution in [0.2, 0.25) is 0 Å². The van der Waals surface area contributed by atoms with Crippen molar-refractivity contribution in [1.82, 2.24) is 4.90 Å². The van der Waals surface area contributed by atoms with E-state index in [0.717, 1.165) is 10.6 Å². The van der Waals surface area contributed by atoms with Gasteiger partial charge in [0.1, 0.15) is 0 Å². The molecule has 5 heteroatoms. The highest BCUT2D eigenvalue weighted by molar-refractivity contribution is 7.99.